The van der Waals surface area contributed by atoms with Gasteiger partial charge in [0.2, 0.25) is 0 Å². The Morgan fingerprint density at radius 2 is 1.69 bits per heavy atom. The summed E-state index contributed by atoms with van der Waals surface area (Å²) in [5, 5.41) is 0.0804. The molecule has 0 aliphatic heterocycles. The standard InChI is InChI=1S/C6H5Cl2NO3S/c7-3-1-5(9)6(2-4(3)8)13(10,11)12/h1-2H,9H2,(H,10,11,12)/p-1. The molecule has 1 rings (SSSR count). The molecule has 0 heterocycles. The number of benzene rings is 1. The predicted molar refractivity (Wildman–Crippen MR) is 48.8 cm³/mol. The van der Waals surface area contributed by atoms with Crippen molar-refractivity contribution in [2.24, 2.45) is 0 Å². The van der Waals surface area contributed by atoms with E-state index in [1.165, 1.54) is 0 Å². The van der Waals surface area contributed by atoms with Crippen LogP contribution in [0.3, 0.4) is 0 Å². The van der Waals surface area contributed by atoms with Crippen LogP contribution < -0.4 is 5.73 Å². The minimum Gasteiger partial charge on any atom is -0.744 e. The molecule has 0 aliphatic carbocycles. The lowest BCUT2D eigenvalue weighted by molar-refractivity contribution is 0.463. The number of hydrogen-bond donors (Lipinski definition) is 1. The monoisotopic (exact) mass is 240 g/mol. The number of anilines is 1. The Balaban J connectivity index is 3.50. The second kappa shape index (κ2) is 3.34. The predicted octanol–water partition coefficient (Wildman–Crippen LogP) is 1.48. The van der Waals surface area contributed by atoms with Crippen LogP contribution in [0.25, 0.3) is 0 Å². The van der Waals surface area contributed by atoms with Crippen molar-refractivity contribution in [2.75, 3.05) is 5.73 Å². The number of rotatable bonds is 1. The summed E-state index contributed by atoms with van der Waals surface area (Å²) in [5.41, 5.74) is 5.05. The van der Waals surface area contributed by atoms with Gasteiger partial charge in [0.15, 0.2) is 0 Å². The fraction of sp³-hybridized carbons (Fsp3) is 0. The lowest BCUT2D eigenvalue weighted by Crippen LogP contribution is -2.03. The van der Waals surface area contributed by atoms with Crippen molar-refractivity contribution in [1.82, 2.24) is 0 Å². The van der Waals surface area contributed by atoms with Gasteiger partial charge in [-0.1, -0.05) is 23.2 Å². The van der Waals surface area contributed by atoms with Crippen molar-refractivity contribution in [3.8, 4) is 0 Å². The van der Waals surface area contributed by atoms with Gasteiger partial charge in [-0.2, -0.15) is 0 Å². The highest BCUT2D eigenvalue weighted by atomic mass is 35.5. The van der Waals surface area contributed by atoms with Crippen molar-refractivity contribution in [3.63, 3.8) is 0 Å². The van der Waals surface area contributed by atoms with Crippen LogP contribution in [0.4, 0.5) is 5.69 Å². The molecule has 7 heteroatoms. The summed E-state index contributed by atoms with van der Waals surface area (Å²) in [6.45, 7) is 0. The maximum atomic E-state index is 10.6. The van der Waals surface area contributed by atoms with E-state index >= 15 is 0 Å². The molecule has 1 aromatic rings. The van der Waals surface area contributed by atoms with Gasteiger partial charge in [-0.15, -0.1) is 0 Å². The van der Waals surface area contributed by atoms with Crippen LogP contribution >= 0.6 is 23.2 Å². The van der Waals surface area contributed by atoms with E-state index in [2.05, 4.69) is 0 Å². The van der Waals surface area contributed by atoms with Crippen LogP contribution in [0.15, 0.2) is 17.0 Å². The van der Waals surface area contributed by atoms with Crippen LogP contribution in [0.5, 0.6) is 0 Å². The van der Waals surface area contributed by atoms with Crippen LogP contribution in [-0.2, 0) is 10.1 Å². The van der Waals surface area contributed by atoms with Crippen molar-refractivity contribution >= 4 is 39.0 Å². The van der Waals surface area contributed by atoms with Gasteiger partial charge in [0.1, 0.15) is 10.1 Å². The molecule has 0 fully saturated rings. The van der Waals surface area contributed by atoms with Crippen LogP contribution in [0, 0.1) is 0 Å². The summed E-state index contributed by atoms with van der Waals surface area (Å²) < 4.78 is 31.7. The molecule has 0 aromatic heterocycles. The molecule has 0 spiro atoms. The van der Waals surface area contributed by atoms with Crippen LogP contribution in [0.1, 0.15) is 0 Å². The highest BCUT2D eigenvalue weighted by molar-refractivity contribution is 7.86. The van der Waals surface area contributed by atoms with E-state index < -0.39 is 15.0 Å². The first kappa shape index (κ1) is 10.6. The van der Waals surface area contributed by atoms with Crippen molar-refractivity contribution in [3.05, 3.63) is 22.2 Å². The smallest absolute Gasteiger partial charge is 0.126 e. The Bertz CT molecular complexity index is 443. The zero-order valence-corrected chi connectivity index (χ0v) is 8.45. The zero-order valence-electron chi connectivity index (χ0n) is 6.12. The number of halogens is 2. The van der Waals surface area contributed by atoms with Gasteiger partial charge in [0, 0.05) is 0 Å². The second-order valence-electron chi connectivity index (χ2n) is 2.26. The largest absolute Gasteiger partial charge is 0.744 e. The molecule has 0 saturated carbocycles. The molecule has 4 nitrogen and oxygen atoms in total. The Hall–Kier alpha value is -0.490. The molecular formula is C6H4Cl2NO3S-. The van der Waals surface area contributed by atoms with E-state index in [0.717, 1.165) is 12.1 Å². The topological polar surface area (TPSA) is 83.2 Å². The Morgan fingerprint density at radius 3 is 2.15 bits per heavy atom. The first-order chi connectivity index (χ1) is 5.82. The number of hydrogen-bond acceptors (Lipinski definition) is 4. The van der Waals surface area contributed by atoms with E-state index in [4.69, 9.17) is 28.9 Å². The molecular weight excluding hydrogens is 237 g/mol. The Kier molecular flexibility index (Phi) is 2.72. The summed E-state index contributed by atoms with van der Waals surface area (Å²) in [6, 6.07) is 2.05. The molecule has 0 amide bonds. The summed E-state index contributed by atoms with van der Waals surface area (Å²) in [5.74, 6) is 0. The molecule has 72 valence electrons. The maximum absolute atomic E-state index is 10.6. The average Bonchev–Trinajstić information content (AvgIpc) is 1.94. The average molecular weight is 241 g/mol. The quantitative estimate of drug-likeness (QED) is 0.596. The minimum atomic E-state index is -4.59. The van der Waals surface area contributed by atoms with Crippen molar-refractivity contribution < 1.29 is 13.0 Å². The minimum absolute atomic E-state index is 0.0229. The summed E-state index contributed by atoms with van der Waals surface area (Å²) in [7, 11) is -4.59. The fourth-order valence-corrected chi connectivity index (χ4v) is 1.77. The van der Waals surface area contributed by atoms with E-state index in [9.17, 15) is 13.0 Å². The normalized spacial score (nSPS) is 11.6. The Labute approximate surface area is 85.0 Å². The molecule has 0 atom stereocenters. The highest BCUT2D eigenvalue weighted by Crippen LogP contribution is 2.29. The van der Waals surface area contributed by atoms with E-state index in [1.807, 2.05) is 0 Å². The maximum Gasteiger partial charge on any atom is 0.126 e. The number of nitrogens with two attached hydrogens (primary N) is 1. The highest BCUT2D eigenvalue weighted by Gasteiger charge is 2.09. The second-order valence-corrected chi connectivity index (χ2v) is 4.42. The van der Waals surface area contributed by atoms with E-state index in [1.54, 1.807) is 0 Å². The lowest BCUT2D eigenvalue weighted by Gasteiger charge is -2.10. The van der Waals surface area contributed by atoms with E-state index in [0.29, 0.717) is 0 Å². The third-order valence-corrected chi connectivity index (χ3v) is 2.94. The van der Waals surface area contributed by atoms with Gasteiger partial charge in [0.25, 0.3) is 0 Å². The molecule has 0 radical (unpaired) electrons. The number of nitrogen functional groups attached to an aromatic ring is 1. The van der Waals surface area contributed by atoms with Crippen molar-refractivity contribution in [1.29, 1.82) is 0 Å². The lowest BCUT2D eigenvalue weighted by atomic mass is 10.3. The molecule has 0 aliphatic rings. The molecule has 1 aromatic carbocycles. The van der Waals surface area contributed by atoms with Crippen LogP contribution in [-0.4, -0.2) is 13.0 Å². The van der Waals surface area contributed by atoms with Crippen molar-refractivity contribution in [2.45, 2.75) is 4.90 Å². The summed E-state index contributed by atoms with van der Waals surface area (Å²) in [4.78, 5) is -0.554. The third kappa shape index (κ3) is 2.25. The van der Waals surface area contributed by atoms with Crippen LogP contribution in [0.2, 0.25) is 10.0 Å². The third-order valence-electron chi connectivity index (χ3n) is 1.32. The summed E-state index contributed by atoms with van der Waals surface area (Å²) in [6.07, 6.45) is 0. The van der Waals surface area contributed by atoms with Gasteiger partial charge in [-0.25, -0.2) is 8.42 Å². The van der Waals surface area contributed by atoms with Gasteiger partial charge >= 0.3 is 0 Å². The first-order valence-corrected chi connectivity index (χ1v) is 5.19. The first-order valence-electron chi connectivity index (χ1n) is 3.03. The molecule has 0 saturated heterocycles. The molecule has 2 N–H and O–H groups in total. The molecule has 0 unspecified atom stereocenters. The van der Waals surface area contributed by atoms with E-state index in [-0.39, 0.29) is 15.7 Å². The Morgan fingerprint density at radius 1 is 1.23 bits per heavy atom. The summed E-state index contributed by atoms with van der Waals surface area (Å²) >= 11 is 11.0. The zero-order chi connectivity index (χ0) is 10.2. The van der Waals surface area contributed by atoms with Gasteiger partial charge in [-0.3, -0.25) is 0 Å². The van der Waals surface area contributed by atoms with Gasteiger partial charge < -0.3 is 10.3 Å². The molecule has 13 heavy (non-hydrogen) atoms. The fourth-order valence-electron chi connectivity index (χ4n) is 0.760. The molecule has 0 bridgehead atoms. The van der Waals surface area contributed by atoms with Gasteiger partial charge in [-0.05, 0) is 12.1 Å². The SMILES string of the molecule is Nc1cc(Cl)c(Cl)cc1S(=O)(=O)[O-]. The van der Waals surface area contributed by atoms with Gasteiger partial charge in [0.05, 0.1) is 20.6 Å².